The SMILES string of the molecule is CCc1ccc(C(C)N[C@H](C)CO)cc1. The molecule has 2 nitrogen and oxygen atoms in total. The lowest BCUT2D eigenvalue weighted by atomic mass is 10.0. The number of aryl methyl sites for hydroxylation is 1. The van der Waals surface area contributed by atoms with Gasteiger partial charge >= 0.3 is 0 Å². The van der Waals surface area contributed by atoms with E-state index >= 15 is 0 Å². The van der Waals surface area contributed by atoms with Crippen molar-refractivity contribution in [1.82, 2.24) is 5.32 Å². The van der Waals surface area contributed by atoms with Gasteiger partial charge in [0.15, 0.2) is 0 Å². The second-order valence-electron chi connectivity index (χ2n) is 4.07. The lowest BCUT2D eigenvalue weighted by Gasteiger charge is -2.18. The summed E-state index contributed by atoms with van der Waals surface area (Å²) in [6, 6.07) is 9.07. The second-order valence-corrected chi connectivity index (χ2v) is 4.07. The molecule has 0 radical (unpaired) electrons. The molecule has 0 aliphatic carbocycles. The number of benzene rings is 1. The summed E-state index contributed by atoms with van der Waals surface area (Å²) in [6.45, 7) is 6.44. The Balaban J connectivity index is 2.61. The van der Waals surface area contributed by atoms with Gasteiger partial charge < -0.3 is 10.4 Å². The van der Waals surface area contributed by atoms with E-state index in [0.29, 0.717) is 0 Å². The second kappa shape index (κ2) is 5.89. The Labute approximate surface area is 92.3 Å². The third kappa shape index (κ3) is 3.65. The van der Waals surface area contributed by atoms with Crippen molar-refractivity contribution in [3.05, 3.63) is 35.4 Å². The van der Waals surface area contributed by atoms with Crippen LogP contribution in [-0.2, 0) is 6.42 Å². The molecule has 2 atom stereocenters. The largest absolute Gasteiger partial charge is 0.395 e. The Morgan fingerprint density at radius 2 is 1.80 bits per heavy atom. The Kier molecular flexibility index (Phi) is 4.79. The molecule has 0 saturated heterocycles. The standard InChI is InChI=1S/C13H21NO/c1-4-12-5-7-13(8-6-12)11(3)14-10(2)9-15/h5-8,10-11,14-15H,4,9H2,1-3H3/t10-,11?/m1/s1. The van der Waals surface area contributed by atoms with E-state index < -0.39 is 0 Å². The molecule has 0 saturated carbocycles. The van der Waals surface area contributed by atoms with E-state index in [1.54, 1.807) is 0 Å². The summed E-state index contributed by atoms with van der Waals surface area (Å²) in [4.78, 5) is 0. The number of nitrogens with one attached hydrogen (secondary N) is 1. The molecule has 1 aromatic carbocycles. The number of hydrogen-bond donors (Lipinski definition) is 2. The summed E-state index contributed by atoms with van der Waals surface area (Å²) >= 11 is 0. The fourth-order valence-corrected chi connectivity index (χ4v) is 1.62. The van der Waals surface area contributed by atoms with Gasteiger partial charge in [-0.1, -0.05) is 31.2 Å². The van der Waals surface area contributed by atoms with Crippen LogP contribution in [0.1, 0.15) is 37.9 Å². The van der Waals surface area contributed by atoms with E-state index in [0.717, 1.165) is 6.42 Å². The van der Waals surface area contributed by atoms with Gasteiger partial charge in [-0.25, -0.2) is 0 Å². The zero-order chi connectivity index (χ0) is 11.3. The number of aliphatic hydroxyl groups is 1. The summed E-state index contributed by atoms with van der Waals surface area (Å²) in [5.41, 5.74) is 2.63. The molecule has 84 valence electrons. The van der Waals surface area contributed by atoms with Crippen molar-refractivity contribution >= 4 is 0 Å². The minimum atomic E-state index is 0.144. The molecule has 2 N–H and O–H groups in total. The molecule has 1 unspecified atom stereocenters. The van der Waals surface area contributed by atoms with Gasteiger partial charge in [0.2, 0.25) is 0 Å². The number of rotatable bonds is 5. The first kappa shape index (κ1) is 12.2. The highest BCUT2D eigenvalue weighted by Crippen LogP contribution is 2.14. The van der Waals surface area contributed by atoms with Crippen molar-refractivity contribution in [3.63, 3.8) is 0 Å². The molecule has 0 fully saturated rings. The number of aliphatic hydroxyl groups excluding tert-OH is 1. The van der Waals surface area contributed by atoms with E-state index in [1.807, 2.05) is 6.92 Å². The van der Waals surface area contributed by atoms with Crippen LogP contribution in [0.2, 0.25) is 0 Å². The normalized spacial score (nSPS) is 14.9. The van der Waals surface area contributed by atoms with Crippen LogP contribution in [0.25, 0.3) is 0 Å². The topological polar surface area (TPSA) is 32.3 Å². The van der Waals surface area contributed by atoms with Gasteiger partial charge in [0.1, 0.15) is 0 Å². The fourth-order valence-electron chi connectivity index (χ4n) is 1.62. The fraction of sp³-hybridized carbons (Fsp3) is 0.538. The summed E-state index contributed by atoms with van der Waals surface area (Å²) in [6.07, 6.45) is 1.08. The van der Waals surface area contributed by atoms with E-state index in [2.05, 4.69) is 43.4 Å². The first-order valence-electron chi connectivity index (χ1n) is 5.63. The molecule has 0 aliphatic heterocycles. The van der Waals surface area contributed by atoms with Crippen LogP contribution in [0.15, 0.2) is 24.3 Å². The van der Waals surface area contributed by atoms with Crippen molar-refractivity contribution in [3.8, 4) is 0 Å². The first-order valence-corrected chi connectivity index (χ1v) is 5.63. The van der Waals surface area contributed by atoms with Crippen LogP contribution in [0.5, 0.6) is 0 Å². The van der Waals surface area contributed by atoms with Crippen LogP contribution in [0.3, 0.4) is 0 Å². The van der Waals surface area contributed by atoms with Gasteiger partial charge in [0, 0.05) is 12.1 Å². The smallest absolute Gasteiger partial charge is 0.0582 e. The predicted molar refractivity (Wildman–Crippen MR) is 63.9 cm³/mol. The highest BCUT2D eigenvalue weighted by atomic mass is 16.3. The molecule has 0 spiro atoms. The van der Waals surface area contributed by atoms with Gasteiger partial charge in [0.25, 0.3) is 0 Å². The molecule has 15 heavy (non-hydrogen) atoms. The minimum Gasteiger partial charge on any atom is -0.395 e. The van der Waals surface area contributed by atoms with Crippen LogP contribution in [-0.4, -0.2) is 17.8 Å². The molecule has 0 bridgehead atoms. The maximum Gasteiger partial charge on any atom is 0.0582 e. The lowest BCUT2D eigenvalue weighted by Crippen LogP contribution is -2.31. The molecule has 0 heterocycles. The van der Waals surface area contributed by atoms with E-state index in [1.165, 1.54) is 11.1 Å². The van der Waals surface area contributed by atoms with E-state index in [-0.39, 0.29) is 18.7 Å². The van der Waals surface area contributed by atoms with Crippen molar-refractivity contribution in [2.45, 2.75) is 39.3 Å². The average molecular weight is 207 g/mol. The molecule has 1 rings (SSSR count). The molecule has 2 heteroatoms. The molecular formula is C13H21NO. The zero-order valence-electron chi connectivity index (χ0n) is 9.83. The summed E-state index contributed by atoms with van der Waals surface area (Å²) in [5.74, 6) is 0. The summed E-state index contributed by atoms with van der Waals surface area (Å²) in [7, 11) is 0. The molecule has 1 aromatic rings. The lowest BCUT2D eigenvalue weighted by molar-refractivity contribution is 0.243. The van der Waals surface area contributed by atoms with Gasteiger partial charge in [-0.05, 0) is 31.4 Å². The van der Waals surface area contributed by atoms with Gasteiger partial charge in [-0.2, -0.15) is 0 Å². The van der Waals surface area contributed by atoms with Crippen molar-refractivity contribution in [2.24, 2.45) is 0 Å². The minimum absolute atomic E-state index is 0.144. The van der Waals surface area contributed by atoms with Crippen LogP contribution in [0, 0.1) is 0 Å². The van der Waals surface area contributed by atoms with Crippen LogP contribution in [0.4, 0.5) is 0 Å². The van der Waals surface area contributed by atoms with Gasteiger partial charge in [0.05, 0.1) is 6.61 Å². The van der Waals surface area contributed by atoms with Crippen molar-refractivity contribution in [1.29, 1.82) is 0 Å². The monoisotopic (exact) mass is 207 g/mol. The Hall–Kier alpha value is -0.860. The van der Waals surface area contributed by atoms with Gasteiger partial charge in [-0.15, -0.1) is 0 Å². The third-order valence-corrected chi connectivity index (χ3v) is 2.70. The van der Waals surface area contributed by atoms with Gasteiger partial charge in [-0.3, -0.25) is 0 Å². The molecular weight excluding hydrogens is 186 g/mol. The first-order chi connectivity index (χ1) is 7.17. The highest BCUT2D eigenvalue weighted by molar-refractivity contribution is 5.24. The summed E-state index contributed by atoms with van der Waals surface area (Å²) < 4.78 is 0. The Morgan fingerprint density at radius 1 is 1.20 bits per heavy atom. The third-order valence-electron chi connectivity index (χ3n) is 2.70. The van der Waals surface area contributed by atoms with E-state index in [4.69, 9.17) is 5.11 Å². The Morgan fingerprint density at radius 3 is 2.27 bits per heavy atom. The maximum absolute atomic E-state index is 8.95. The molecule has 0 amide bonds. The van der Waals surface area contributed by atoms with Crippen molar-refractivity contribution < 1.29 is 5.11 Å². The summed E-state index contributed by atoms with van der Waals surface area (Å²) in [5, 5.41) is 12.3. The number of hydrogen-bond acceptors (Lipinski definition) is 2. The highest BCUT2D eigenvalue weighted by Gasteiger charge is 2.07. The van der Waals surface area contributed by atoms with Crippen molar-refractivity contribution in [2.75, 3.05) is 6.61 Å². The molecule has 0 aromatic heterocycles. The maximum atomic E-state index is 8.95. The average Bonchev–Trinajstić information content (AvgIpc) is 2.29. The van der Waals surface area contributed by atoms with Crippen LogP contribution >= 0.6 is 0 Å². The van der Waals surface area contributed by atoms with Crippen LogP contribution < -0.4 is 5.32 Å². The Bertz CT molecular complexity index is 281. The molecule has 0 aliphatic rings. The quantitative estimate of drug-likeness (QED) is 0.776. The van der Waals surface area contributed by atoms with E-state index in [9.17, 15) is 0 Å². The predicted octanol–water partition coefficient (Wildman–Crippen LogP) is 2.28. The zero-order valence-corrected chi connectivity index (χ0v) is 9.83.